The van der Waals surface area contributed by atoms with E-state index < -0.39 is 0 Å². The average Bonchev–Trinajstić information content (AvgIpc) is 2.83. The third-order valence-electron chi connectivity index (χ3n) is 5.11. The molecule has 1 heterocycles. The fraction of sp³-hybridized carbons (Fsp3) is 0.474. The Labute approximate surface area is 148 Å². The number of hydrogen-bond donors (Lipinski definition) is 0. The molecule has 0 saturated heterocycles. The summed E-state index contributed by atoms with van der Waals surface area (Å²) in [4.78, 5) is 15.0. The highest BCUT2D eigenvalue weighted by Crippen LogP contribution is 2.45. The third-order valence-corrected chi connectivity index (χ3v) is 5.36. The van der Waals surface area contributed by atoms with Crippen LogP contribution in [0.15, 0.2) is 30.3 Å². The van der Waals surface area contributed by atoms with E-state index in [0.717, 1.165) is 42.8 Å². The first-order valence-corrected chi connectivity index (χ1v) is 8.83. The summed E-state index contributed by atoms with van der Waals surface area (Å²) in [7, 11) is 1.89. The standard InChI is InChI=1S/C19H24ClN3O/c1-14-13-15(2)23(21-14)12-11-22(3)18(24)19(9-4-10-19)16-5-7-17(20)8-6-16/h5-8,13H,4,9-12H2,1-3H3. The van der Waals surface area contributed by atoms with Crippen molar-refractivity contribution in [3.8, 4) is 0 Å². The largest absolute Gasteiger partial charge is 0.343 e. The number of nitrogens with zero attached hydrogens (tertiary/aromatic N) is 3. The number of hydrogen-bond acceptors (Lipinski definition) is 2. The van der Waals surface area contributed by atoms with Crippen molar-refractivity contribution >= 4 is 17.5 Å². The lowest BCUT2D eigenvalue weighted by atomic mass is 9.63. The van der Waals surface area contributed by atoms with Crippen molar-refractivity contribution in [2.75, 3.05) is 13.6 Å². The second-order valence-corrected chi connectivity index (χ2v) is 7.26. The highest BCUT2D eigenvalue weighted by molar-refractivity contribution is 6.30. The van der Waals surface area contributed by atoms with Gasteiger partial charge in [-0.15, -0.1) is 0 Å². The monoisotopic (exact) mass is 345 g/mol. The Kier molecular flexibility index (Phi) is 4.68. The van der Waals surface area contributed by atoms with Crippen LogP contribution in [0.25, 0.3) is 0 Å². The molecule has 3 rings (SSSR count). The molecule has 0 aliphatic heterocycles. The highest BCUT2D eigenvalue weighted by atomic mass is 35.5. The Bertz CT molecular complexity index is 732. The van der Waals surface area contributed by atoms with E-state index in [0.29, 0.717) is 11.6 Å². The van der Waals surface area contributed by atoms with Gasteiger partial charge in [-0.3, -0.25) is 9.48 Å². The molecule has 0 spiro atoms. The zero-order chi connectivity index (χ0) is 17.3. The van der Waals surface area contributed by atoms with E-state index in [2.05, 4.69) is 11.2 Å². The molecular formula is C19H24ClN3O. The van der Waals surface area contributed by atoms with Gasteiger partial charge in [0.25, 0.3) is 0 Å². The van der Waals surface area contributed by atoms with Gasteiger partial charge in [0, 0.05) is 24.3 Å². The van der Waals surface area contributed by atoms with Gasteiger partial charge in [0.1, 0.15) is 0 Å². The van der Waals surface area contributed by atoms with E-state index in [9.17, 15) is 4.79 Å². The van der Waals surface area contributed by atoms with Gasteiger partial charge in [-0.1, -0.05) is 30.2 Å². The molecule has 0 radical (unpaired) electrons. The Morgan fingerprint density at radius 3 is 2.46 bits per heavy atom. The van der Waals surface area contributed by atoms with Crippen molar-refractivity contribution < 1.29 is 4.79 Å². The third kappa shape index (κ3) is 3.07. The maximum Gasteiger partial charge on any atom is 0.233 e. The topological polar surface area (TPSA) is 38.1 Å². The van der Waals surface area contributed by atoms with E-state index >= 15 is 0 Å². The minimum absolute atomic E-state index is 0.206. The zero-order valence-corrected chi connectivity index (χ0v) is 15.3. The van der Waals surface area contributed by atoms with Crippen LogP contribution in [0.1, 0.15) is 36.2 Å². The molecule has 2 aromatic rings. The van der Waals surface area contributed by atoms with Gasteiger partial charge in [-0.2, -0.15) is 5.10 Å². The number of aryl methyl sites for hydroxylation is 2. The molecule has 1 amide bonds. The molecule has 1 aromatic carbocycles. The smallest absolute Gasteiger partial charge is 0.233 e. The first kappa shape index (κ1) is 17.0. The Balaban J connectivity index is 1.71. The Morgan fingerprint density at radius 2 is 1.96 bits per heavy atom. The van der Waals surface area contributed by atoms with Gasteiger partial charge in [0.05, 0.1) is 17.7 Å². The minimum Gasteiger partial charge on any atom is -0.343 e. The van der Waals surface area contributed by atoms with Crippen LogP contribution in [0.2, 0.25) is 5.02 Å². The summed E-state index contributed by atoms with van der Waals surface area (Å²) in [5.74, 6) is 0.206. The van der Waals surface area contributed by atoms with Crippen LogP contribution in [0.3, 0.4) is 0 Å². The summed E-state index contributed by atoms with van der Waals surface area (Å²) in [6, 6.07) is 9.80. The van der Waals surface area contributed by atoms with Crippen LogP contribution < -0.4 is 0 Å². The van der Waals surface area contributed by atoms with Crippen molar-refractivity contribution in [1.82, 2.24) is 14.7 Å². The van der Waals surface area contributed by atoms with Crippen LogP contribution in [0.4, 0.5) is 0 Å². The first-order valence-electron chi connectivity index (χ1n) is 8.45. The van der Waals surface area contributed by atoms with Crippen molar-refractivity contribution in [3.63, 3.8) is 0 Å². The Morgan fingerprint density at radius 1 is 1.29 bits per heavy atom. The first-order chi connectivity index (χ1) is 11.4. The predicted molar refractivity (Wildman–Crippen MR) is 96.3 cm³/mol. The van der Waals surface area contributed by atoms with Gasteiger partial charge < -0.3 is 4.90 Å². The lowest BCUT2D eigenvalue weighted by Gasteiger charge is -2.43. The number of halogens is 1. The lowest BCUT2D eigenvalue weighted by molar-refractivity contribution is -0.139. The molecule has 0 unspecified atom stereocenters. The van der Waals surface area contributed by atoms with E-state index in [-0.39, 0.29) is 11.3 Å². The van der Waals surface area contributed by atoms with Gasteiger partial charge in [0.2, 0.25) is 5.91 Å². The van der Waals surface area contributed by atoms with Crippen molar-refractivity contribution in [2.24, 2.45) is 0 Å². The number of carbonyl (C=O) groups excluding carboxylic acids is 1. The predicted octanol–water partition coefficient (Wildman–Crippen LogP) is 3.73. The summed E-state index contributed by atoms with van der Waals surface area (Å²) in [5, 5.41) is 5.18. The van der Waals surface area contributed by atoms with E-state index in [1.54, 1.807) is 0 Å². The normalized spacial score (nSPS) is 15.8. The van der Waals surface area contributed by atoms with Crippen molar-refractivity contribution in [2.45, 2.75) is 45.1 Å². The number of likely N-dealkylation sites (N-methyl/N-ethyl adjacent to an activating group) is 1. The number of aromatic nitrogens is 2. The molecule has 128 valence electrons. The molecule has 0 atom stereocenters. The van der Waals surface area contributed by atoms with Gasteiger partial charge >= 0.3 is 0 Å². The van der Waals surface area contributed by atoms with Crippen LogP contribution in [0, 0.1) is 13.8 Å². The molecule has 5 heteroatoms. The van der Waals surface area contributed by atoms with Crippen LogP contribution in [-0.4, -0.2) is 34.2 Å². The molecule has 1 aromatic heterocycles. The van der Waals surface area contributed by atoms with E-state index in [1.807, 2.05) is 54.7 Å². The molecule has 1 aliphatic carbocycles. The maximum atomic E-state index is 13.1. The summed E-state index contributed by atoms with van der Waals surface area (Å²) < 4.78 is 1.97. The molecule has 1 fully saturated rings. The molecule has 4 nitrogen and oxygen atoms in total. The van der Waals surface area contributed by atoms with E-state index in [4.69, 9.17) is 11.6 Å². The van der Waals surface area contributed by atoms with Crippen LogP contribution >= 0.6 is 11.6 Å². The van der Waals surface area contributed by atoms with Crippen LogP contribution in [0.5, 0.6) is 0 Å². The Hall–Kier alpha value is -1.81. The SMILES string of the molecule is Cc1cc(C)n(CCN(C)C(=O)C2(c3ccc(Cl)cc3)CCC2)n1. The number of carbonyl (C=O) groups is 1. The quantitative estimate of drug-likeness (QED) is 0.828. The summed E-state index contributed by atoms with van der Waals surface area (Å²) in [6.07, 6.45) is 2.93. The molecule has 0 bridgehead atoms. The molecule has 1 aliphatic rings. The fourth-order valence-corrected chi connectivity index (χ4v) is 3.66. The summed E-state index contributed by atoms with van der Waals surface area (Å²) >= 11 is 5.99. The zero-order valence-electron chi connectivity index (χ0n) is 14.6. The maximum absolute atomic E-state index is 13.1. The molecule has 0 N–H and O–H groups in total. The fourth-order valence-electron chi connectivity index (χ4n) is 3.54. The second kappa shape index (κ2) is 6.60. The number of amides is 1. The van der Waals surface area contributed by atoms with Crippen LogP contribution in [-0.2, 0) is 16.8 Å². The average molecular weight is 346 g/mol. The highest BCUT2D eigenvalue weighted by Gasteiger charge is 2.46. The van der Waals surface area contributed by atoms with E-state index in [1.165, 1.54) is 0 Å². The minimum atomic E-state index is -0.367. The van der Waals surface area contributed by atoms with Crippen molar-refractivity contribution in [1.29, 1.82) is 0 Å². The second-order valence-electron chi connectivity index (χ2n) is 6.82. The number of benzene rings is 1. The van der Waals surface area contributed by atoms with Crippen molar-refractivity contribution in [3.05, 3.63) is 52.3 Å². The number of rotatable bonds is 5. The lowest BCUT2D eigenvalue weighted by Crippen LogP contribution is -2.50. The van der Waals surface area contributed by atoms with Gasteiger partial charge in [-0.05, 0) is 50.5 Å². The summed E-state index contributed by atoms with van der Waals surface area (Å²) in [6.45, 7) is 5.42. The summed E-state index contributed by atoms with van der Waals surface area (Å²) in [5.41, 5.74) is 2.86. The molecule has 24 heavy (non-hydrogen) atoms. The van der Waals surface area contributed by atoms with Gasteiger partial charge in [0.15, 0.2) is 0 Å². The molecular weight excluding hydrogens is 322 g/mol. The molecule has 1 saturated carbocycles. The van der Waals surface area contributed by atoms with Gasteiger partial charge in [-0.25, -0.2) is 0 Å².